The highest BCUT2D eigenvalue weighted by Crippen LogP contribution is 2.20. The summed E-state index contributed by atoms with van der Waals surface area (Å²) in [6.45, 7) is 8.91. The first kappa shape index (κ1) is 17.0. The monoisotopic (exact) mass is 298 g/mol. The highest BCUT2D eigenvalue weighted by molar-refractivity contribution is 7.07. The molecule has 1 heterocycles. The lowest BCUT2D eigenvalue weighted by Crippen LogP contribution is -2.46. The number of amides is 2. The Labute approximate surface area is 125 Å². The normalized spacial score (nSPS) is 14.7. The van der Waals surface area contributed by atoms with Crippen LogP contribution in [0.5, 0.6) is 0 Å². The fourth-order valence-corrected chi connectivity index (χ4v) is 2.84. The molecule has 2 amide bonds. The fourth-order valence-electron chi connectivity index (χ4n) is 2.06. The number of aliphatic hydroxyl groups excluding tert-OH is 1. The molecule has 1 aromatic rings. The molecule has 0 aliphatic carbocycles. The standard InChI is InChI=1S/C15H26N2O2S/c1-11(12-5-6-20-10-12)8-16-14(19)17-13(9-18)7-15(2,3)4/h5-6,10-11,13,18H,7-9H2,1-4H3,(H2,16,17,19). The van der Waals surface area contributed by atoms with Crippen molar-refractivity contribution in [3.8, 4) is 0 Å². The van der Waals surface area contributed by atoms with Crippen LogP contribution < -0.4 is 10.6 Å². The van der Waals surface area contributed by atoms with Crippen molar-refractivity contribution in [3.05, 3.63) is 22.4 Å². The molecule has 0 saturated carbocycles. The van der Waals surface area contributed by atoms with Gasteiger partial charge in [-0.05, 0) is 40.1 Å². The molecule has 1 aromatic heterocycles. The maximum Gasteiger partial charge on any atom is 0.315 e. The van der Waals surface area contributed by atoms with E-state index in [1.54, 1.807) is 11.3 Å². The molecular formula is C15H26N2O2S. The van der Waals surface area contributed by atoms with Crippen molar-refractivity contribution < 1.29 is 9.90 Å². The van der Waals surface area contributed by atoms with Crippen molar-refractivity contribution in [3.63, 3.8) is 0 Å². The summed E-state index contributed by atoms with van der Waals surface area (Å²) < 4.78 is 0. The Kier molecular flexibility index (Phi) is 6.49. The van der Waals surface area contributed by atoms with Crippen LogP contribution in [0.2, 0.25) is 0 Å². The molecule has 2 unspecified atom stereocenters. The largest absolute Gasteiger partial charge is 0.394 e. The number of nitrogens with one attached hydrogen (secondary N) is 2. The fraction of sp³-hybridized carbons (Fsp3) is 0.667. The molecule has 1 rings (SSSR count). The maximum absolute atomic E-state index is 11.8. The summed E-state index contributed by atoms with van der Waals surface area (Å²) in [6, 6.07) is 1.66. The molecule has 5 heteroatoms. The van der Waals surface area contributed by atoms with Gasteiger partial charge in [-0.3, -0.25) is 0 Å². The zero-order valence-corrected chi connectivity index (χ0v) is 13.6. The number of urea groups is 1. The SMILES string of the molecule is CC(CNC(=O)NC(CO)CC(C)(C)C)c1ccsc1. The number of carbonyl (C=O) groups excluding carboxylic acids is 1. The van der Waals surface area contributed by atoms with Crippen molar-refractivity contribution in [1.82, 2.24) is 10.6 Å². The van der Waals surface area contributed by atoms with Gasteiger partial charge >= 0.3 is 6.03 Å². The topological polar surface area (TPSA) is 61.4 Å². The number of hydrogen-bond donors (Lipinski definition) is 3. The minimum atomic E-state index is -0.213. The van der Waals surface area contributed by atoms with E-state index in [4.69, 9.17) is 0 Å². The van der Waals surface area contributed by atoms with Crippen LogP contribution in [0, 0.1) is 5.41 Å². The van der Waals surface area contributed by atoms with Crippen LogP contribution in [0.25, 0.3) is 0 Å². The second kappa shape index (κ2) is 7.64. The quantitative estimate of drug-likeness (QED) is 0.756. The van der Waals surface area contributed by atoms with E-state index in [9.17, 15) is 9.90 Å². The van der Waals surface area contributed by atoms with E-state index < -0.39 is 0 Å². The smallest absolute Gasteiger partial charge is 0.315 e. The van der Waals surface area contributed by atoms with E-state index in [-0.39, 0.29) is 24.1 Å². The first-order valence-corrected chi connectivity index (χ1v) is 7.93. The summed E-state index contributed by atoms with van der Waals surface area (Å²) in [6.07, 6.45) is 0.747. The number of aliphatic hydroxyl groups is 1. The maximum atomic E-state index is 11.8. The highest BCUT2D eigenvalue weighted by Gasteiger charge is 2.19. The van der Waals surface area contributed by atoms with Crippen LogP contribution in [-0.4, -0.2) is 30.3 Å². The van der Waals surface area contributed by atoms with E-state index in [1.165, 1.54) is 5.56 Å². The van der Waals surface area contributed by atoms with Gasteiger partial charge < -0.3 is 15.7 Å². The first-order chi connectivity index (χ1) is 9.31. The average molecular weight is 298 g/mol. The average Bonchev–Trinajstić information content (AvgIpc) is 2.87. The summed E-state index contributed by atoms with van der Waals surface area (Å²) in [5.74, 6) is 0.294. The summed E-state index contributed by atoms with van der Waals surface area (Å²) in [5.41, 5.74) is 1.31. The zero-order valence-electron chi connectivity index (χ0n) is 12.8. The minimum absolute atomic E-state index is 0.0369. The van der Waals surface area contributed by atoms with Crippen molar-refractivity contribution in [2.24, 2.45) is 5.41 Å². The summed E-state index contributed by atoms with van der Waals surface area (Å²) in [7, 11) is 0. The molecule has 3 N–H and O–H groups in total. The Hall–Kier alpha value is -1.07. The molecule has 0 aliphatic rings. The predicted octanol–water partition coefficient (Wildman–Crippen LogP) is 2.95. The molecule has 4 nitrogen and oxygen atoms in total. The van der Waals surface area contributed by atoms with Crippen LogP contribution in [0.1, 0.15) is 45.6 Å². The van der Waals surface area contributed by atoms with E-state index >= 15 is 0 Å². The van der Waals surface area contributed by atoms with Crippen molar-refractivity contribution in [1.29, 1.82) is 0 Å². The third-order valence-corrected chi connectivity index (χ3v) is 3.80. The lowest BCUT2D eigenvalue weighted by molar-refractivity contribution is 0.190. The summed E-state index contributed by atoms with van der Waals surface area (Å²) in [4.78, 5) is 11.8. The first-order valence-electron chi connectivity index (χ1n) is 6.99. The number of hydrogen-bond acceptors (Lipinski definition) is 3. The molecular weight excluding hydrogens is 272 g/mol. The Bertz CT molecular complexity index is 399. The van der Waals surface area contributed by atoms with Crippen molar-refractivity contribution in [2.75, 3.05) is 13.2 Å². The van der Waals surface area contributed by atoms with Gasteiger partial charge in [-0.25, -0.2) is 4.79 Å². The van der Waals surface area contributed by atoms with Gasteiger partial charge in [0.15, 0.2) is 0 Å². The van der Waals surface area contributed by atoms with Gasteiger partial charge in [0.1, 0.15) is 0 Å². The lowest BCUT2D eigenvalue weighted by Gasteiger charge is -2.25. The number of rotatable bonds is 6. The van der Waals surface area contributed by atoms with Crippen molar-refractivity contribution in [2.45, 2.75) is 46.1 Å². The van der Waals surface area contributed by atoms with E-state index in [2.05, 4.69) is 49.8 Å². The second-order valence-electron chi connectivity index (χ2n) is 6.46. The van der Waals surface area contributed by atoms with E-state index in [1.807, 2.05) is 5.38 Å². The van der Waals surface area contributed by atoms with Crippen LogP contribution in [0.15, 0.2) is 16.8 Å². The summed E-state index contributed by atoms with van der Waals surface area (Å²) in [5, 5.41) is 19.2. The molecule has 2 atom stereocenters. The Morgan fingerprint density at radius 1 is 1.45 bits per heavy atom. The highest BCUT2D eigenvalue weighted by atomic mass is 32.1. The van der Waals surface area contributed by atoms with Crippen LogP contribution in [0.3, 0.4) is 0 Å². The van der Waals surface area contributed by atoms with Crippen LogP contribution >= 0.6 is 11.3 Å². The Morgan fingerprint density at radius 3 is 2.65 bits per heavy atom. The van der Waals surface area contributed by atoms with Gasteiger partial charge in [0.2, 0.25) is 0 Å². The lowest BCUT2D eigenvalue weighted by atomic mass is 9.88. The van der Waals surface area contributed by atoms with Gasteiger partial charge in [-0.2, -0.15) is 11.3 Å². The zero-order chi connectivity index (χ0) is 15.2. The Balaban J connectivity index is 2.35. The number of thiophene rings is 1. The van der Waals surface area contributed by atoms with Crippen molar-refractivity contribution >= 4 is 17.4 Å². The number of carbonyl (C=O) groups is 1. The molecule has 0 aliphatic heterocycles. The van der Waals surface area contributed by atoms with Gasteiger partial charge in [-0.1, -0.05) is 27.7 Å². The molecule has 114 valence electrons. The van der Waals surface area contributed by atoms with Crippen LogP contribution in [-0.2, 0) is 0 Å². The second-order valence-corrected chi connectivity index (χ2v) is 7.24. The predicted molar refractivity (Wildman–Crippen MR) is 84.2 cm³/mol. The Morgan fingerprint density at radius 2 is 2.15 bits per heavy atom. The molecule has 0 spiro atoms. The minimum Gasteiger partial charge on any atom is -0.394 e. The molecule has 0 fully saturated rings. The molecule has 20 heavy (non-hydrogen) atoms. The van der Waals surface area contributed by atoms with E-state index in [0.717, 1.165) is 6.42 Å². The molecule has 0 bridgehead atoms. The molecule has 0 aromatic carbocycles. The summed E-state index contributed by atoms with van der Waals surface area (Å²) >= 11 is 1.66. The van der Waals surface area contributed by atoms with Gasteiger partial charge in [-0.15, -0.1) is 0 Å². The third-order valence-electron chi connectivity index (χ3n) is 3.10. The van der Waals surface area contributed by atoms with Gasteiger partial charge in [0.05, 0.1) is 12.6 Å². The molecule has 0 saturated heterocycles. The third kappa shape index (κ3) is 6.39. The molecule has 0 radical (unpaired) electrons. The van der Waals surface area contributed by atoms with Gasteiger partial charge in [0.25, 0.3) is 0 Å². The van der Waals surface area contributed by atoms with E-state index in [0.29, 0.717) is 12.5 Å². The van der Waals surface area contributed by atoms with Crippen LogP contribution in [0.4, 0.5) is 4.79 Å². The van der Waals surface area contributed by atoms with Gasteiger partial charge in [0, 0.05) is 6.54 Å².